The maximum absolute atomic E-state index is 13.0. The first kappa shape index (κ1) is 14.8. The molecular weight excluding hydrogens is 308 g/mol. The van der Waals surface area contributed by atoms with Crippen LogP contribution in [-0.4, -0.2) is 78.5 Å². The molecule has 3 aromatic rings. The molecule has 24 heavy (non-hydrogen) atoms. The highest BCUT2D eigenvalue weighted by molar-refractivity contribution is 5.93. The van der Waals surface area contributed by atoms with Crippen molar-refractivity contribution < 1.29 is 4.79 Å². The largest absolute Gasteiger partial charge is 0.333 e. The van der Waals surface area contributed by atoms with Gasteiger partial charge in [-0.05, 0) is 26.2 Å². The van der Waals surface area contributed by atoms with Gasteiger partial charge in [-0.2, -0.15) is 5.10 Å². The minimum absolute atomic E-state index is 0.0550. The molecule has 1 saturated heterocycles. The summed E-state index contributed by atoms with van der Waals surface area (Å²) in [6.07, 6.45) is 4.96. The van der Waals surface area contributed by atoms with Crippen LogP contribution in [0.4, 0.5) is 0 Å². The van der Waals surface area contributed by atoms with Crippen LogP contribution in [0.15, 0.2) is 36.9 Å². The summed E-state index contributed by atoms with van der Waals surface area (Å²) in [4.78, 5) is 21.1. The molecule has 9 nitrogen and oxygen atoms in total. The Bertz CT molecular complexity index is 855. The van der Waals surface area contributed by atoms with E-state index in [4.69, 9.17) is 0 Å². The van der Waals surface area contributed by atoms with Crippen LogP contribution in [0, 0.1) is 0 Å². The van der Waals surface area contributed by atoms with Crippen LogP contribution in [0.5, 0.6) is 0 Å². The number of hydrogen-bond acceptors (Lipinski definition) is 6. The minimum atomic E-state index is -0.0550. The highest BCUT2D eigenvalue weighted by Crippen LogP contribution is 2.25. The number of amides is 1. The molecule has 0 bridgehead atoms. The van der Waals surface area contributed by atoms with Crippen LogP contribution in [0.2, 0.25) is 0 Å². The second kappa shape index (κ2) is 5.68. The van der Waals surface area contributed by atoms with Gasteiger partial charge in [-0.3, -0.25) is 4.79 Å². The highest BCUT2D eigenvalue weighted by Gasteiger charge is 2.39. The lowest BCUT2D eigenvalue weighted by Gasteiger charge is -2.24. The average Bonchev–Trinajstić information content (AvgIpc) is 3.31. The number of rotatable bonds is 3. The molecule has 4 heterocycles. The standard InChI is InChI=1S/C15H18N8O/c1-20(2)12-8-21(9-13(12)22-7-6-17-19-22)15(24)11-4-3-5-14-16-10-18-23(11)14/h3-7,10,12-13H,8-9H2,1-2H3/t12-,13+/m1/s1. The molecule has 0 N–H and O–H groups in total. The van der Waals surface area contributed by atoms with E-state index < -0.39 is 0 Å². The van der Waals surface area contributed by atoms with Gasteiger partial charge in [0.2, 0.25) is 0 Å². The van der Waals surface area contributed by atoms with E-state index in [1.54, 1.807) is 16.8 Å². The van der Waals surface area contributed by atoms with E-state index in [1.807, 2.05) is 42.0 Å². The smallest absolute Gasteiger partial charge is 0.272 e. The summed E-state index contributed by atoms with van der Waals surface area (Å²) in [5, 5.41) is 12.2. The zero-order chi connectivity index (χ0) is 16.7. The number of nitrogens with zero attached hydrogens (tertiary/aromatic N) is 8. The van der Waals surface area contributed by atoms with E-state index in [1.165, 1.54) is 6.33 Å². The number of carbonyl (C=O) groups excluding carboxylic acids is 1. The lowest BCUT2D eigenvalue weighted by Crippen LogP contribution is -2.37. The molecule has 1 aliphatic heterocycles. The van der Waals surface area contributed by atoms with E-state index in [0.717, 1.165) is 0 Å². The van der Waals surface area contributed by atoms with Gasteiger partial charge in [-0.15, -0.1) is 5.10 Å². The fourth-order valence-corrected chi connectivity index (χ4v) is 3.27. The van der Waals surface area contributed by atoms with E-state index in [0.29, 0.717) is 24.4 Å². The first-order valence-electron chi connectivity index (χ1n) is 7.75. The third kappa shape index (κ3) is 2.33. The van der Waals surface area contributed by atoms with Gasteiger partial charge >= 0.3 is 0 Å². The van der Waals surface area contributed by atoms with E-state index in [9.17, 15) is 4.79 Å². The SMILES string of the molecule is CN(C)[C@@H]1CN(C(=O)c2cccc3ncnn23)C[C@@H]1n1ccnn1. The Hall–Kier alpha value is -2.81. The Morgan fingerprint density at radius 1 is 1.29 bits per heavy atom. The molecule has 1 aliphatic rings. The number of carbonyl (C=O) groups is 1. The fraction of sp³-hybridized carbons (Fsp3) is 0.400. The molecule has 9 heteroatoms. The quantitative estimate of drug-likeness (QED) is 0.671. The predicted molar refractivity (Wildman–Crippen MR) is 85.4 cm³/mol. The van der Waals surface area contributed by atoms with Gasteiger partial charge < -0.3 is 9.80 Å². The molecule has 1 fully saturated rings. The highest BCUT2D eigenvalue weighted by atomic mass is 16.2. The second-order valence-electron chi connectivity index (χ2n) is 6.13. The predicted octanol–water partition coefficient (Wildman–Crippen LogP) is -0.0519. The van der Waals surface area contributed by atoms with Crippen LogP contribution in [-0.2, 0) is 0 Å². The molecule has 0 radical (unpaired) electrons. The molecule has 0 unspecified atom stereocenters. The van der Waals surface area contributed by atoms with Gasteiger partial charge in [0, 0.05) is 19.3 Å². The van der Waals surface area contributed by atoms with Crippen molar-refractivity contribution in [1.82, 2.24) is 39.4 Å². The van der Waals surface area contributed by atoms with Crippen molar-refractivity contribution in [2.45, 2.75) is 12.1 Å². The van der Waals surface area contributed by atoms with Crippen molar-refractivity contribution in [2.75, 3.05) is 27.2 Å². The summed E-state index contributed by atoms with van der Waals surface area (Å²) >= 11 is 0. The Morgan fingerprint density at radius 3 is 2.92 bits per heavy atom. The van der Waals surface area contributed by atoms with Gasteiger partial charge in [0.25, 0.3) is 5.91 Å². The summed E-state index contributed by atoms with van der Waals surface area (Å²) < 4.78 is 3.41. The Kier molecular flexibility index (Phi) is 3.49. The monoisotopic (exact) mass is 326 g/mol. The third-order valence-corrected chi connectivity index (χ3v) is 4.51. The zero-order valence-electron chi connectivity index (χ0n) is 13.5. The Balaban J connectivity index is 1.65. The number of hydrogen-bond donors (Lipinski definition) is 0. The normalized spacial score (nSPS) is 21.0. The molecule has 0 saturated carbocycles. The molecule has 3 aromatic heterocycles. The minimum Gasteiger partial charge on any atom is -0.333 e. The van der Waals surface area contributed by atoms with E-state index >= 15 is 0 Å². The van der Waals surface area contributed by atoms with Crippen LogP contribution in [0.1, 0.15) is 16.5 Å². The first-order chi connectivity index (χ1) is 11.6. The third-order valence-electron chi connectivity index (χ3n) is 4.51. The zero-order valence-corrected chi connectivity index (χ0v) is 13.5. The van der Waals surface area contributed by atoms with Gasteiger partial charge in [-0.25, -0.2) is 14.2 Å². The molecule has 1 amide bonds. The van der Waals surface area contributed by atoms with Crippen molar-refractivity contribution in [2.24, 2.45) is 0 Å². The lowest BCUT2D eigenvalue weighted by atomic mass is 10.1. The molecule has 0 aromatic carbocycles. The van der Waals surface area contributed by atoms with Crippen molar-refractivity contribution in [3.8, 4) is 0 Å². The number of likely N-dealkylation sites (N-methyl/N-ethyl adjacent to an activating group) is 1. The first-order valence-corrected chi connectivity index (χ1v) is 7.75. The molecule has 4 rings (SSSR count). The van der Waals surface area contributed by atoms with Crippen LogP contribution >= 0.6 is 0 Å². The summed E-state index contributed by atoms with van der Waals surface area (Å²) in [5.74, 6) is -0.0550. The molecule has 0 spiro atoms. The van der Waals surface area contributed by atoms with Crippen molar-refractivity contribution >= 4 is 11.6 Å². The van der Waals surface area contributed by atoms with Crippen molar-refractivity contribution in [3.05, 3.63) is 42.6 Å². The molecule has 0 aliphatic carbocycles. The van der Waals surface area contributed by atoms with Crippen LogP contribution in [0.25, 0.3) is 5.65 Å². The number of likely N-dealkylation sites (tertiary alicyclic amines) is 1. The number of fused-ring (bicyclic) bond motifs is 1. The van der Waals surface area contributed by atoms with Gasteiger partial charge in [0.05, 0.1) is 18.3 Å². The fourth-order valence-electron chi connectivity index (χ4n) is 3.27. The maximum Gasteiger partial charge on any atom is 0.272 e. The van der Waals surface area contributed by atoms with Crippen molar-refractivity contribution in [3.63, 3.8) is 0 Å². The Morgan fingerprint density at radius 2 is 2.17 bits per heavy atom. The van der Waals surface area contributed by atoms with Gasteiger partial charge in [0.1, 0.15) is 12.0 Å². The Labute approximate surface area is 138 Å². The molecule has 124 valence electrons. The number of aromatic nitrogens is 6. The van der Waals surface area contributed by atoms with E-state index in [-0.39, 0.29) is 18.0 Å². The lowest BCUT2D eigenvalue weighted by molar-refractivity contribution is 0.0772. The summed E-state index contributed by atoms with van der Waals surface area (Å²) in [5.41, 5.74) is 1.18. The summed E-state index contributed by atoms with van der Waals surface area (Å²) in [7, 11) is 4.03. The molecular formula is C15H18N8O. The van der Waals surface area contributed by atoms with Gasteiger partial charge in [-0.1, -0.05) is 11.3 Å². The van der Waals surface area contributed by atoms with Crippen LogP contribution in [0.3, 0.4) is 0 Å². The summed E-state index contributed by atoms with van der Waals surface area (Å²) in [6, 6.07) is 5.67. The second-order valence-corrected chi connectivity index (χ2v) is 6.13. The van der Waals surface area contributed by atoms with Crippen molar-refractivity contribution in [1.29, 1.82) is 0 Å². The number of pyridine rings is 1. The topological polar surface area (TPSA) is 84.5 Å². The molecule has 2 atom stereocenters. The maximum atomic E-state index is 13.0. The van der Waals surface area contributed by atoms with Crippen LogP contribution < -0.4 is 0 Å². The van der Waals surface area contributed by atoms with Gasteiger partial charge in [0.15, 0.2) is 5.65 Å². The average molecular weight is 326 g/mol. The van der Waals surface area contributed by atoms with E-state index in [2.05, 4.69) is 25.3 Å². The summed E-state index contributed by atoms with van der Waals surface area (Å²) in [6.45, 7) is 1.21.